The summed E-state index contributed by atoms with van der Waals surface area (Å²) in [5, 5.41) is 0. The third kappa shape index (κ3) is 1.73. The van der Waals surface area contributed by atoms with E-state index in [1.165, 1.54) is 6.08 Å². The van der Waals surface area contributed by atoms with Crippen LogP contribution in [0.15, 0.2) is 21.7 Å². The van der Waals surface area contributed by atoms with Gasteiger partial charge in [-0.05, 0) is 34.5 Å². The lowest BCUT2D eigenvalue weighted by atomic mass is 10.3. The molecule has 0 radical (unpaired) electrons. The van der Waals surface area contributed by atoms with Gasteiger partial charge in [0, 0.05) is 6.20 Å². The molecule has 1 aromatic rings. The molecule has 4 heteroatoms. The van der Waals surface area contributed by atoms with Gasteiger partial charge in [-0.2, -0.15) is 0 Å². The summed E-state index contributed by atoms with van der Waals surface area (Å²) >= 11 is 3.25. The third-order valence-electron chi connectivity index (χ3n) is 1.22. The summed E-state index contributed by atoms with van der Waals surface area (Å²) in [7, 11) is 0. The van der Waals surface area contributed by atoms with Gasteiger partial charge >= 0.3 is 0 Å². The summed E-state index contributed by atoms with van der Waals surface area (Å²) in [6.07, 6.45) is 3.03. The van der Waals surface area contributed by atoms with Crippen molar-refractivity contribution in [1.82, 2.24) is 4.98 Å². The number of aromatic nitrogens is 1. The summed E-state index contributed by atoms with van der Waals surface area (Å²) in [5.74, 6) is 0.375. The van der Waals surface area contributed by atoms with Crippen LogP contribution in [0.3, 0.4) is 0 Å². The molecule has 0 atom stereocenters. The van der Waals surface area contributed by atoms with Crippen molar-refractivity contribution in [3.05, 3.63) is 22.3 Å². The molecule has 0 aliphatic carbocycles. The van der Waals surface area contributed by atoms with E-state index in [-0.39, 0.29) is 0 Å². The highest BCUT2D eigenvalue weighted by Crippen LogP contribution is 2.24. The first kappa shape index (κ1) is 8.11. The van der Waals surface area contributed by atoms with Crippen LogP contribution < -0.4 is 0 Å². The Hall–Kier alpha value is -0.990. The highest BCUT2D eigenvalue weighted by Gasteiger charge is 2.00. The first-order valence-electron chi connectivity index (χ1n) is 2.94. The minimum Gasteiger partial charge on any atom is -0.235 e. The average molecular weight is 213 g/mol. The number of hydrogen-bond acceptors (Lipinski definition) is 3. The average Bonchev–Trinajstić information content (AvgIpc) is 1.99. The van der Waals surface area contributed by atoms with E-state index in [1.54, 1.807) is 6.20 Å². The molecule has 0 N–H and O–H groups in total. The number of aryl methyl sites for hydroxylation is 1. The maximum absolute atomic E-state index is 9.89. The third-order valence-corrected chi connectivity index (χ3v) is 2.20. The molecule has 1 aromatic heterocycles. The quantitative estimate of drug-likeness (QED) is 0.529. The van der Waals surface area contributed by atoms with Crippen LogP contribution in [0, 0.1) is 6.92 Å². The molecule has 56 valence electrons. The largest absolute Gasteiger partial charge is 0.242 e. The Morgan fingerprint density at radius 3 is 3.09 bits per heavy atom. The van der Waals surface area contributed by atoms with Gasteiger partial charge in [0.15, 0.2) is 5.82 Å². The van der Waals surface area contributed by atoms with E-state index in [9.17, 15) is 4.79 Å². The van der Waals surface area contributed by atoms with Crippen LogP contribution in [-0.2, 0) is 4.79 Å². The molecular formula is C7H5BrN2O. The van der Waals surface area contributed by atoms with Crippen molar-refractivity contribution in [1.29, 1.82) is 0 Å². The minimum absolute atomic E-state index is 0.375. The van der Waals surface area contributed by atoms with E-state index in [4.69, 9.17) is 0 Å². The molecule has 0 spiro atoms. The molecule has 1 rings (SSSR count). The van der Waals surface area contributed by atoms with Crippen molar-refractivity contribution >= 4 is 27.8 Å². The molecule has 0 saturated carbocycles. The lowest BCUT2D eigenvalue weighted by Crippen LogP contribution is -1.79. The van der Waals surface area contributed by atoms with E-state index >= 15 is 0 Å². The smallest absolute Gasteiger partial charge is 0.235 e. The van der Waals surface area contributed by atoms with Gasteiger partial charge in [0.2, 0.25) is 6.08 Å². The monoisotopic (exact) mass is 212 g/mol. The number of hydrogen-bond donors (Lipinski definition) is 0. The summed E-state index contributed by atoms with van der Waals surface area (Å²) in [6, 6.07) is 1.83. The number of nitrogens with zero attached hydrogens (tertiary/aromatic N) is 2. The van der Waals surface area contributed by atoms with Crippen LogP contribution in [0.5, 0.6) is 0 Å². The van der Waals surface area contributed by atoms with Crippen LogP contribution in [0.4, 0.5) is 5.82 Å². The van der Waals surface area contributed by atoms with Crippen LogP contribution >= 0.6 is 15.9 Å². The maximum Gasteiger partial charge on any atom is 0.242 e. The fraction of sp³-hybridized carbons (Fsp3) is 0.143. The van der Waals surface area contributed by atoms with E-state index in [0.717, 1.165) is 10.0 Å². The molecule has 0 aliphatic rings. The maximum atomic E-state index is 9.89. The van der Waals surface area contributed by atoms with Gasteiger partial charge < -0.3 is 0 Å². The molecule has 3 nitrogen and oxygen atoms in total. The Labute approximate surface area is 72.3 Å². The molecule has 0 aliphatic heterocycles. The van der Waals surface area contributed by atoms with Crippen molar-refractivity contribution < 1.29 is 4.79 Å². The van der Waals surface area contributed by atoms with Crippen molar-refractivity contribution in [2.24, 2.45) is 4.99 Å². The van der Waals surface area contributed by atoms with Crippen molar-refractivity contribution in [2.75, 3.05) is 0 Å². The molecule has 0 aromatic carbocycles. The summed E-state index contributed by atoms with van der Waals surface area (Å²) < 4.78 is 0.739. The lowest BCUT2D eigenvalue weighted by Gasteiger charge is -1.96. The molecule has 0 fully saturated rings. The summed E-state index contributed by atoms with van der Waals surface area (Å²) in [6.45, 7) is 1.90. The van der Waals surface area contributed by atoms with Gasteiger partial charge in [0.25, 0.3) is 0 Å². The molecule has 0 bridgehead atoms. The lowest BCUT2D eigenvalue weighted by molar-refractivity contribution is 0.565. The first-order valence-corrected chi connectivity index (χ1v) is 3.74. The van der Waals surface area contributed by atoms with Gasteiger partial charge in [0.05, 0.1) is 4.47 Å². The van der Waals surface area contributed by atoms with E-state index in [2.05, 4.69) is 25.9 Å². The highest BCUT2D eigenvalue weighted by molar-refractivity contribution is 9.10. The SMILES string of the molecule is Cc1ccnc(N=C=O)c1Br. The fourth-order valence-electron chi connectivity index (χ4n) is 0.647. The summed E-state index contributed by atoms with van der Waals surface area (Å²) in [5.41, 5.74) is 0.994. The van der Waals surface area contributed by atoms with Gasteiger partial charge in [0.1, 0.15) is 0 Å². The van der Waals surface area contributed by atoms with Crippen LogP contribution in [0.2, 0.25) is 0 Å². The summed E-state index contributed by atoms with van der Waals surface area (Å²) in [4.78, 5) is 17.1. The Kier molecular flexibility index (Phi) is 2.52. The van der Waals surface area contributed by atoms with Gasteiger partial charge in [-0.15, -0.1) is 4.99 Å². The Balaban J connectivity index is 3.26. The zero-order valence-corrected chi connectivity index (χ0v) is 7.42. The van der Waals surface area contributed by atoms with Gasteiger partial charge in [-0.1, -0.05) is 0 Å². The Morgan fingerprint density at radius 2 is 2.45 bits per heavy atom. The second-order valence-corrected chi connectivity index (χ2v) is 2.76. The van der Waals surface area contributed by atoms with Crippen LogP contribution in [0.25, 0.3) is 0 Å². The normalized spacial score (nSPS) is 8.91. The number of pyridine rings is 1. The standard InChI is InChI=1S/C7H5BrN2O/c1-5-2-3-9-7(6(5)8)10-4-11/h2-3H,1H3. The van der Waals surface area contributed by atoms with E-state index < -0.39 is 0 Å². The number of carbonyl (C=O) groups excluding carboxylic acids is 1. The number of isocyanates is 1. The number of aliphatic imine (C=N–C) groups is 1. The van der Waals surface area contributed by atoms with Gasteiger partial charge in [-0.25, -0.2) is 9.78 Å². The first-order chi connectivity index (χ1) is 5.25. The number of halogens is 1. The predicted octanol–water partition coefficient (Wildman–Crippen LogP) is 2.12. The van der Waals surface area contributed by atoms with Crippen molar-refractivity contribution in [2.45, 2.75) is 6.92 Å². The molecule has 1 heterocycles. The fourth-order valence-corrected chi connectivity index (χ4v) is 0.970. The number of rotatable bonds is 1. The zero-order chi connectivity index (χ0) is 8.27. The Morgan fingerprint density at radius 1 is 1.73 bits per heavy atom. The zero-order valence-electron chi connectivity index (χ0n) is 5.84. The second kappa shape index (κ2) is 3.42. The van der Waals surface area contributed by atoms with Gasteiger partial charge in [-0.3, -0.25) is 0 Å². The van der Waals surface area contributed by atoms with Crippen molar-refractivity contribution in [3.8, 4) is 0 Å². The highest BCUT2D eigenvalue weighted by atomic mass is 79.9. The van der Waals surface area contributed by atoms with Crippen LogP contribution in [0.1, 0.15) is 5.56 Å². The van der Waals surface area contributed by atoms with Crippen molar-refractivity contribution in [3.63, 3.8) is 0 Å². The molecule has 0 saturated heterocycles. The molecular weight excluding hydrogens is 208 g/mol. The Bertz CT molecular complexity index is 318. The minimum atomic E-state index is 0.375. The van der Waals surface area contributed by atoms with E-state index in [1.807, 2.05) is 13.0 Å². The molecule has 0 amide bonds. The van der Waals surface area contributed by atoms with E-state index in [0.29, 0.717) is 5.82 Å². The molecule has 0 unspecified atom stereocenters. The van der Waals surface area contributed by atoms with Crippen LogP contribution in [-0.4, -0.2) is 11.1 Å². The topological polar surface area (TPSA) is 42.3 Å². The second-order valence-electron chi connectivity index (χ2n) is 1.97. The predicted molar refractivity (Wildman–Crippen MR) is 44.5 cm³/mol. The molecule has 11 heavy (non-hydrogen) atoms.